The highest BCUT2D eigenvalue weighted by Crippen LogP contribution is 2.40. The van der Waals surface area contributed by atoms with Crippen LogP contribution in [0.1, 0.15) is 51.7 Å². The average Bonchev–Trinajstić information content (AvgIpc) is 2.95. The number of piperidine rings is 1. The van der Waals surface area contributed by atoms with Gasteiger partial charge in [0, 0.05) is 12.0 Å². The minimum Gasteiger partial charge on any atom is -0.295 e. The third-order valence-corrected chi connectivity index (χ3v) is 6.66. The lowest BCUT2D eigenvalue weighted by Crippen LogP contribution is -2.43. The van der Waals surface area contributed by atoms with Gasteiger partial charge in [0.1, 0.15) is 5.82 Å². The zero-order valence-electron chi connectivity index (χ0n) is 13.7. The molecule has 0 bridgehead atoms. The van der Waals surface area contributed by atoms with Crippen molar-refractivity contribution in [2.24, 2.45) is 5.41 Å². The second-order valence-corrected chi connectivity index (χ2v) is 10.2. The fraction of sp³-hybridized carbons (Fsp3) is 0.867. The Kier molecular flexibility index (Phi) is 3.84. The van der Waals surface area contributed by atoms with Crippen molar-refractivity contribution in [1.29, 1.82) is 0 Å². The van der Waals surface area contributed by atoms with Crippen molar-refractivity contribution in [3.8, 4) is 0 Å². The van der Waals surface area contributed by atoms with Crippen molar-refractivity contribution in [2.45, 2.75) is 52.0 Å². The standard InChI is InChI=1S/C15H26N4O2S/c1-14(2,3)13-16-12(17-18-13)9-19-7-4-5-15(10-19)6-8-22(20,21)11-15/h4-11H2,1-3H3,(H,16,17,18). The number of hydrogen-bond donors (Lipinski definition) is 1. The number of rotatable bonds is 2. The van der Waals surface area contributed by atoms with Gasteiger partial charge in [-0.05, 0) is 31.2 Å². The Labute approximate surface area is 132 Å². The van der Waals surface area contributed by atoms with E-state index >= 15 is 0 Å². The number of hydrogen-bond acceptors (Lipinski definition) is 5. The van der Waals surface area contributed by atoms with E-state index in [1.54, 1.807) is 0 Å². The number of sulfone groups is 1. The van der Waals surface area contributed by atoms with Crippen LogP contribution < -0.4 is 0 Å². The molecule has 6 nitrogen and oxygen atoms in total. The molecule has 3 heterocycles. The molecule has 0 saturated carbocycles. The first-order valence-corrected chi connectivity index (χ1v) is 9.84. The van der Waals surface area contributed by atoms with Gasteiger partial charge in [-0.3, -0.25) is 10.00 Å². The van der Waals surface area contributed by atoms with Crippen LogP contribution in [-0.4, -0.2) is 53.1 Å². The van der Waals surface area contributed by atoms with Crippen LogP contribution in [0.15, 0.2) is 0 Å². The smallest absolute Gasteiger partial charge is 0.156 e. The number of H-pyrrole nitrogens is 1. The maximum absolute atomic E-state index is 11.8. The third-order valence-electron chi connectivity index (χ3n) is 4.79. The second-order valence-electron chi connectivity index (χ2n) is 8.01. The lowest BCUT2D eigenvalue weighted by molar-refractivity contribution is 0.100. The highest BCUT2D eigenvalue weighted by Gasteiger charge is 2.44. The van der Waals surface area contributed by atoms with Crippen LogP contribution in [0.2, 0.25) is 0 Å². The highest BCUT2D eigenvalue weighted by molar-refractivity contribution is 7.91. The number of likely N-dealkylation sites (tertiary alicyclic amines) is 1. The summed E-state index contributed by atoms with van der Waals surface area (Å²) in [5, 5.41) is 7.34. The second kappa shape index (κ2) is 5.30. The lowest BCUT2D eigenvalue weighted by Gasteiger charge is -2.39. The Bertz CT molecular complexity index is 647. The van der Waals surface area contributed by atoms with E-state index in [0.29, 0.717) is 11.5 Å². The molecule has 1 atom stereocenters. The minimum absolute atomic E-state index is 0.0238. The van der Waals surface area contributed by atoms with Crippen LogP contribution in [0.5, 0.6) is 0 Å². The first kappa shape index (κ1) is 15.9. The summed E-state index contributed by atoms with van der Waals surface area (Å²) in [6.07, 6.45) is 2.91. The molecule has 124 valence electrons. The molecule has 3 rings (SSSR count). The van der Waals surface area contributed by atoms with Gasteiger partial charge in [0.05, 0.1) is 18.1 Å². The van der Waals surface area contributed by atoms with Crippen molar-refractivity contribution < 1.29 is 8.42 Å². The fourth-order valence-corrected chi connectivity index (χ4v) is 5.86. The summed E-state index contributed by atoms with van der Waals surface area (Å²) < 4.78 is 23.7. The number of aromatic amines is 1. The van der Waals surface area contributed by atoms with E-state index in [1.807, 2.05) is 0 Å². The van der Waals surface area contributed by atoms with E-state index in [1.165, 1.54) is 0 Å². The van der Waals surface area contributed by atoms with E-state index < -0.39 is 9.84 Å². The molecule has 1 unspecified atom stereocenters. The highest BCUT2D eigenvalue weighted by atomic mass is 32.2. The molecule has 2 aliphatic rings. The quantitative estimate of drug-likeness (QED) is 0.891. The van der Waals surface area contributed by atoms with E-state index in [-0.39, 0.29) is 10.8 Å². The SMILES string of the molecule is CC(C)(C)c1n[nH]c(CN2CCCC3(CCS(=O)(=O)C3)C2)n1. The summed E-state index contributed by atoms with van der Waals surface area (Å²) in [7, 11) is -2.83. The monoisotopic (exact) mass is 326 g/mol. The molecule has 22 heavy (non-hydrogen) atoms. The summed E-state index contributed by atoms with van der Waals surface area (Å²) in [5.41, 5.74) is -0.0820. The molecule has 0 radical (unpaired) electrons. The molecule has 0 aliphatic carbocycles. The summed E-state index contributed by atoms with van der Waals surface area (Å²) in [6, 6.07) is 0. The Hall–Kier alpha value is -0.950. The molecule has 1 N–H and O–H groups in total. The Morgan fingerprint density at radius 2 is 2.09 bits per heavy atom. The average molecular weight is 326 g/mol. The molecular formula is C15H26N4O2S. The summed E-state index contributed by atoms with van der Waals surface area (Å²) in [6.45, 7) is 8.88. The molecule has 1 spiro atoms. The third kappa shape index (κ3) is 3.35. The van der Waals surface area contributed by atoms with Gasteiger partial charge in [-0.2, -0.15) is 5.10 Å². The molecule has 0 amide bonds. The van der Waals surface area contributed by atoms with E-state index in [9.17, 15) is 8.42 Å². The van der Waals surface area contributed by atoms with E-state index in [0.717, 1.165) is 50.5 Å². The van der Waals surface area contributed by atoms with Crippen molar-refractivity contribution in [3.63, 3.8) is 0 Å². The van der Waals surface area contributed by atoms with Gasteiger partial charge in [0.15, 0.2) is 15.7 Å². The Morgan fingerprint density at radius 3 is 2.68 bits per heavy atom. The fourth-order valence-electron chi connectivity index (χ4n) is 3.66. The van der Waals surface area contributed by atoms with Gasteiger partial charge in [-0.1, -0.05) is 20.8 Å². The Balaban J connectivity index is 1.67. The van der Waals surface area contributed by atoms with Crippen LogP contribution in [0.3, 0.4) is 0 Å². The largest absolute Gasteiger partial charge is 0.295 e. The number of nitrogens with one attached hydrogen (secondary N) is 1. The maximum atomic E-state index is 11.8. The lowest BCUT2D eigenvalue weighted by atomic mass is 9.79. The van der Waals surface area contributed by atoms with Gasteiger partial charge in [0.25, 0.3) is 0 Å². The van der Waals surface area contributed by atoms with Gasteiger partial charge in [0.2, 0.25) is 0 Å². The van der Waals surface area contributed by atoms with E-state index in [4.69, 9.17) is 0 Å². The van der Waals surface area contributed by atoms with Crippen LogP contribution in [0.25, 0.3) is 0 Å². The van der Waals surface area contributed by atoms with Crippen molar-refractivity contribution in [1.82, 2.24) is 20.1 Å². The van der Waals surface area contributed by atoms with Crippen LogP contribution in [0.4, 0.5) is 0 Å². The van der Waals surface area contributed by atoms with Crippen molar-refractivity contribution >= 4 is 9.84 Å². The van der Waals surface area contributed by atoms with Gasteiger partial charge in [-0.15, -0.1) is 0 Å². The minimum atomic E-state index is -2.83. The first-order chi connectivity index (χ1) is 10.2. The van der Waals surface area contributed by atoms with Gasteiger partial charge in [-0.25, -0.2) is 13.4 Å². The maximum Gasteiger partial charge on any atom is 0.156 e. The molecule has 2 saturated heterocycles. The van der Waals surface area contributed by atoms with E-state index in [2.05, 4.69) is 40.9 Å². The molecule has 1 aromatic rings. The molecular weight excluding hydrogens is 300 g/mol. The predicted molar refractivity (Wildman–Crippen MR) is 85.3 cm³/mol. The van der Waals surface area contributed by atoms with Crippen molar-refractivity contribution in [2.75, 3.05) is 24.6 Å². The molecule has 2 fully saturated rings. The summed E-state index contributed by atoms with van der Waals surface area (Å²) >= 11 is 0. The van der Waals surface area contributed by atoms with Gasteiger partial charge >= 0.3 is 0 Å². The molecule has 1 aromatic heterocycles. The topological polar surface area (TPSA) is 79.0 Å². The zero-order chi connectivity index (χ0) is 16.0. The normalized spacial score (nSPS) is 29.2. The van der Waals surface area contributed by atoms with Crippen LogP contribution >= 0.6 is 0 Å². The van der Waals surface area contributed by atoms with Crippen LogP contribution in [-0.2, 0) is 21.8 Å². The molecule has 2 aliphatic heterocycles. The molecule has 0 aromatic carbocycles. The first-order valence-electron chi connectivity index (χ1n) is 8.02. The number of aromatic nitrogens is 3. The van der Waals surface area contributed by atoms with Crippen LogP contribution in [0, 0.1) is 5.41 Å². The Morgan fingerprint density at radius 1 is 1.32 bits per heavy atom. The summed E-state index contributed by atoms with van der Waals surface area (Å²) in [5.74, 6) is 2.43. The predicted octanol–water partition coefficient (Wildman–Crippen LogP) is 1.50. The number of nitrogens with zero attached hydrogens (tertiary/aromatic N) is 3. The van der Waals surface area contributed by atoms with Gasteiger partial charge < -0.3 is 0 Å². The van der Waals surface area contributed by atoms with Crippen molar-refractivity contribution in [3.05, 3.63) is 11.6 Å². The summed E-state index contributed by atoms with van der Waals surface area (Å²) in [4.78, 5) is 6.92. The zero-order valence-corrected chi connectivity index (χ0v) is 14.5. The molecule has 7 heteroatoms.